The number of piperidine rings is 1. The first-order valence-corrected chi connectivity index (χ1v) is 13.2. The fourth-order valence-corrected chi connectivity index (χ4v) is 5.36. The van der Waals surface area contributed by atoms with Crippen LogP contribution in [0.25, 0.3) is 0 Å². The Balaban J connectivity index is 1.35. The highest BCUT2D eigenvalue weighted by Crippen LogP contribution is 2.41. The molecule has 2 heterocycles. The molecule has 40 heavy (non-hydrogen) atoms. The highest BCUT2D eigenvalue weighted by atomic mass is 19.4. The number of allylic oxidation sites excluding steroid dienone is 3. The third kappa shape index (κ3) is 6.22. The van der Waals surface area contributed by atoms with Gasteiger partial charge in [-0.05, 0) is 57.8 Å². The number of aromatic nitrogens is 2. The zero-order valence-electron chi connectivity index (χ0n) is 22.2. The van der Waals surface area contributed by atoms with E-state index in [-0.39, 0.29) is 34.9 Å². The van der Waals surface area contributed by atoms with Crippen molar-refractivity contribution in [1.29, 1.82) is 0 Å². The van der Waals surface area contributed by atoms with Crippen LogP contribution < -0.4 is 20.1 Å². The van der Waals surface area contributed by atoms with Gasteiger partial charge in [0.1, 0.15) is 23.2 Å². The van der Waals surface area contributed by atoms with Gasteiger partial charge < -0.3 is 25.0 Å². The second-order valence-corrected chi connectivity index (χ2v) is 10.4. The van der Waals surface area contributed by atoms with Crippen LogP contribution in [0.4, 0.5) is 29.2 Å². The van der Waals surface area contributed by atoms with Crippen molar-refractivity contribution >= 4 is 17.5 Å². The fraction of sp³-hybridized carbons (Fsp3) is 0.464. The Morgan fingerprint density at radius 1 is 1.20 bits per heavy atom. The van der Waals surface area contributed by atoms with E-state index in [1.807, 2.05) is 25.3 Å². The highest BCUT2D eigenvalue weighted by Gasteiger charge is 2.39. The van der Waals surface area contributed by atoms with Gasteiger partial charge in [0.25, 0.3) is 5.91 Å². The summed E-state index contributed by atoms with van der Waals surface area (Å²) in [5, 5.41) is 5.58. The molecule has 2 aromatic rings. The number of nitrogens with one attached hydrogen (secondary N) is 2. The first-order chi connectivity index (χ1) is 19.1. The van der Waals surface area contributed by atoms with Gasteiger partial charge in [0.05, 0.1) is 18.4 Å². The van der Waals surface area contributed by atoms with Gasteiger partial charge in [-0.15, -0.1) is 0 Å². The van der Waals surface area contributed by atoms with Gasteiger partial charge in [-0.1, -0.05) is 23.8 Å². The maximum absolute atomic E-state index is 15.1. The lowest BCUT2D eigenvalue weighted by molar-refractivity contribution is -0.139. The van der Waals surface area contributed by atoms with Crippen LogP contribution in [0.1, 0.15) is 48.0 Å². The van der Waals surface area contributed by atoms with Crippen LogP contribution in [0.2, 0.25) is 0 Å². The van der Waals surface area contributed by atoms with Crippen molar-refractivity contribution in [3.8, 4) is 11.6 Å². The first kappa shape index (κ1) is 27.9. The molecule has 1 aliphatic heterocycles. The number of hydrogen-bond acceptors (Lipinski definition) is 7. The maximum Gasteiger partial charge on any atom is 0.423 e. The number of carbonyl (C=O) groups is 1. The standard InChI is InChI=1S/C28H31F4N5O3/c1-37-9-7-18(8-10-37)34-25(38)20-13-24(39-2)23(14-22(20)29)35-27-33-15-21(28(30,31)32)26(36-27)40-19-11-16-5-3-4-6-17(16)12-19/h3-5,13-15,17-19H,6-12H2,1-2H3,(H,34,38)(H,33,35,36). The maximum atomic E-state index is 15.1. The number of rotatable bonds is 7. The number of alkyl halides is 3. The molecular weight excluding hydrogens is 530 g/mol. The van der Waals surface area contributed by atoms with Crippen LogP contribution in [0, 0.1) is 11.7 Å². The normalized spacial score (nSPS) is 21.5. The number of halogens is 4. The van der Waals surface area contributed by atoms with E-state index in [0.29, 0.717) is 19.0 Å². The first-order valence-electron chi connectivity index (χ1n) is 13.2. The van der Waals surface area contributed by atoms with Crippen molar-refractivity contribution in [2.45, 2.75) is 50.4 Å². The molecule has 1 saturated heterocycles. The summed E-state index contributed by atoms with van der Waals surface area (Å²) in [4.78, 5) is 22.7. The van der Waals surface area contributed by atoms with Gasteiger partial charge in [-0.3, -0.25) is 4.79 Å². The summed E-state index contributed by atoms with van der Waals surface area (Å²) in [6.07, 6.45) is 4.83. The SMILES string of the molecule is COc1cc(C(=O)NC2CCN(C)CC2)c(F)cc1Nc1ncc(C(F)(F)F)c(OC2CC3=CC=CCC3C2)n1. The van der Waals surface area contributed by atoms with Crippen LogP contribution in [0.15, 0.2) is 42.1 Å². The zero-order valence-corrected chi connectivity index (χ0v) is 22.2. The molecule has 2 N–H and O–H groups in total. The topological polar surface area (TPSA) is 88.6 Å². The van der Waals surface area contributed by atoms with E-state index >= 15 is 4.39 Å². The molecule has 3 aliphatic rings. The molecule has 8 nitrogen and oxygen atoms in total. The second kappa shape index (κ2) is 11.4. The number of likely N-dealkylation sites (tertiary alicyclic amines) is 1. The van der Waals surface area contributed by atoms with Crippen LogP contribution >= 0.6 is 0 Å². The summed E-state index contributed by atoms with van der Waals surface area (Å²) >= 11 is 0. The second-order valence-electron chi connectivity index (χ2n) is 10.4. The minimum absolute atomic E-state index is 0.0460. The molecule has 2 aliphatic carbocycles. The Morgan fingerprint density at radius 3 is 2.67 bits per heavy atom. The molecule has 0 bridgehead atoms. The number of anilines is 2. The summed E-state index contributed by atoms with van der Waals surface area (Å²) in [6.45, 7) is 1.66. The summed E-state index contributed by atoms with van der Waals surface area (Å²) in [6, 6.07) is 2.21. The highest BCUT2D eigenvalue weighted by molar-refractivity contribution is 5.96. The average Bonchev–Trinajstić information content (AvgIpc) is 3.32. The monoisotopic (exact) mass is 561 g/mol. The largest absolute Gasteiger partial charge is 0.495 e. The molecule has 2 unspecified atom stereocenters. The number of fused-ring (bicyclic) bond motifs is 1. The minimum Gasteiger partial charge on any atom is -0.495 e. The van der Waals surface area contributed by atoms with Crippen LogP contribution in [0.3, 0.4) is 0 Å². The summed E-state index contributed by atoms with van der Waals surface area (Å²) in [5.41, 5.74) is -0.109. The molecular formula is C28H31F4N5O3. The number of hydrogen-bond donors (Lipinski definition) is 2. The van der Waals surface area contributed by atoms with Crippen molar-refractivity contribution in [2.24, 2.45) is 5.92 Å². The van der Waals surface area contributed by atoms with E-state index in [9.17, 15) is 18.0 Å². The number of ether oxygens (including phenoxy) is 2. The van der Waals surface area contributed by atoms with Crippen molar-refractivity contribution in [2.75, 3.05) is 32.6 Å². The van der Waals surface area contributed by atoms with Crippen molar-refractivity contribution in [3.05, 3.63) is 59.1 Å². The van der Waals surface area contributed by atoms with Crippen molar-refractivity contribution in [3.63, 3.8) is 0 Å². The minimum atomic E-state index is -4.73. The van der Waals surface area contributed by atoms with Crippen LogP contribution in [-0.4, -0.2) is 60.2 Å². The Kier molecular flexibility index (Phi) is 7.97. The van der Waals surface area contributed by atoms with Gasteiger partial charge in [0.15, 0.2) is 0 Å². The lowest BCUT2D eigenvalue weighted by Gasteiger charge is -2.29. The van der Waals surface area contributed by atoms with Gasteiger partial charge in [0.2, 0.25) is 11.8 Å². The van der Waals surface area contributed by atoms with Gasteiger partial charge in [-0.25, -0.2) is 9.37 Å². The van der Waals surface area contributed by atoms with Gasteiger partial charge >= 0.3 is 6.18 Å². The van der Waals surface area contributed by atoms with E-state index in [2.05, 4.69) is 25.5 Å². The number of methoxy groups -OCH3 is 1. The predicted molar refractivity (Wildman–Crippen MR) is 140 cm³/mol. The van der Waals surface area contributed by atoms with Gasteiger partial charge in [0, 0.05) is 24.7 Å². The lowest BCUT2D eigenvalue weighted by atomic mass is 9.95. The summed E-state index contributed by atoms with van der Waals surface area (Å²) in [7, 11) is 3.34. The molecule has 2 atom stereocenters. The lowest BCUT2D eigenvalue weighted by Crippen LogP contribution is -2.43. The molecule has 1 amide bonds. The molecule has 0 radical (unpaired) electrons. The average molecular weight is 562 g/mol. The number of carbonyl (C=O) groups excluding carboxylic acids is 1. The smallest absolute Gasteiger partial charge is 0.423 e. The Labute approximate surface area is 229 Å². The van der Waals surface area contributed by atoms with E-state index in [1.165, 1.54) is 13.2 Å². The molecule has 2 fully saturated rings. The Bertz CT molecular complexity index is 1320. The van der Waals surface area contributed by atoms with E-state index in [1.54, 1.807) is 0 Å². The third-order valence-corrected chi connectivity index (χ3v) is 7.57. The van der Waals surface area contributed by atoms with Gasteiger partial charge in [-0.2, -0.15) is 18.2 Å². The van der Waals surface area contributed by atoms with Crippen LogP contribution in [0.5, 0.6) is 11.6 Å². The molecule has 12 heteroatoms. The van der Waals surface area contributed by atoms with Crippen molar-refractivity contribution < 1.29 is 31.8 Å². The number of amides is 1. The quantitative estimate of drug-likeness (QED) is 0.446. The third-order valence-electron chi connectivity index (χ3n) is 7.57. The Morgan fingerprint density at radius 2 is 1.98 bits per heavy atom. The molecule has 214 valence electrons. The van der Waals surface area contributed by atoms with E-state index < -0.39 is 35.4 Å². The Hall–Kier alpha value is -3.67. The summed E-state index contributed by atoms with van der Waals surface area (Å²) < 4.78 is 67.4. The van der Waals surface area contributed by atoms with E-state index in [0.717, 1.165) is 44.0 Å². The molecule has 0 spiro atoms. The molecule has 1 aromatic carbocycles. The predicted octanol–water partition coefficient (Wildman–Crippen LogP) is 5.25. The molecule has 5 rings (SSSR count). The zero-order chi connectivity index (χ0) is 28.4. The van der Waals surface area contributed by atoms with E-state index in [4.69, 9.17) is 9.47 Å². The van der Waals surface area contributed by atoms with Crippen molar-refractivity contribution in [1.82, 2.24) is 20.2 Å². The van der Waals surface area contributed by atoms with Crippen LogP contribution in [-0.2, 0) is 6.18 Å². The molecule has 1 aromatic heterocycles. The number of benzene rings is 1. The number of nitrogens with zero attached hydrogens (tertiary/aromatic N) is 3. The summed E-state index contributed by atoms with van der Waals surface area (Å²) in [5.74, 6) is -1.89. The molecule has 1 saturated carbocycles. The fourth-order valence-electron chi connectivity index (χ4n) is 5.36.